The monoisotopic (exact) mass is 332 g/mol. The van der Waals surface area contributed by atoms with Crippen molar-refractivity contribution in [3.05, 3.63) is 16.4 Å². The molecule has 1 atom stereocenters. The Morgan fingerprint density at radius 2 is 2.00 bits per heavy atom. The molecule has 2 heterocycles. The molecule has 0 aliphatic carbocycles. The highest BCUT2D eigenvalue weighted by Crippen LogP contribution is 2.19. The van der Waals surface area contributed by atoms with Gasteiger partial charge in [-0.05, 0) is 27.2 Å². The molecule has 6 nitrogen and oxygen atoms in total. The van der Waals surface area contributed by atoms with Crippen LogP contribution in [0.3, 0.4) is 0 Å². The van der Waals surface area contributed by atoms with Crippen molar-refractivity contribution in [3.8, 4) is 0 Å². The fourth-order valence-corrected chi connectivity index (χ4v) is 2.43. The van der Waals surface area contributed by atoms with Crippen molar-refractivity contribution in [1.82, 2.24) is 14.9 Å². The van der Waals surface area contributed by atoms with E-state index in [0.717, 1.165) is 6.42 Å². The van der Waals surface area contributed by atoms with E-state index >= 15 is 0 Å². The summed E-state index contributed by atoms with van der Waals surface area (Å²) in [5.41, 5.74) is -0.494. The van der Waals surface area contributed by atoms with Gasteiger partial charge in [-0.1, -0.05) is 23.2 Å². The molecular weight excluding hydrogens is 315 g/mol. The minimum atomic E-state index is -0.494. The molecule has 1 N–H and O–H groups in total. The highest BCUT2D eigenvalue weighted by atomic mass is 35.5. The van der Waals surface area contributed by atoms with Gasteiger partial charge in [-0.25, -0.2) is 14.8 Å². The van der Waals surface area contributed by atoms with E-state index in [1.54, 1.807) is 4.90 Å². The van der Waals surface area contributed by atoms with Crippen LogP contribution in [-0.2, 0) is 4.74 Å². The Kier molecular flexibility index (Phi) is 4.78. The highest BCUT2D eigenvalue weighted by molar-refractivity contribution is 6.33. The summed E-state index contributed by atoms with van der Waals surface area (Å²) >= 11 is 11.7. The molecule has 1 fully saturated rings. The first-order chi connectivity index (χ1) is 9.73. The highest BCUT2D eigenvalue weighted by Gasteiger charge is 2.30. The van der Waals surface area contributed by atoms with Gasteiger partial charge in [0.2, 0.25) is 5.95 Å². The smallest absolute Gasteiger partial charge is 0.410 e. The average Bonchev–Trinajstić information content (AvgIpc) is 2.73. The number of amides is 1. The summed E-state index contributed by atoms with van der Waals surface area (Å²) in [6.07, 6.45) is 0.476. The van der Waals surface area contributed by atoms with Gasteiger partial charge in [0.05, 0.1) is 0 Å². The third-order valence-corrected chi connectivity index (χ3v) is 3.22. The van der Waals surface area contributed by atoms with Crippen LogP contribution in [0.5, 0.6) is 0 Å². The van der Waals surface area contributed by atoms with Crippen molar-refractivity contribution in [2.45, 2.75) is 38.8 Å². The molecule has 0 radical (unpaired) electrons. The molecule has 0 bridgehead atoms. The van der Waals surface area contributed by atoms with Gasteiger partial charge in [-0.3, -0.25) is 0 Å². The van der Waals surface area contributed by atoms with Gasteiger partial charge >= 0.3 is 6.09 Å². The van der Waals surface area contributed by atoms with E-state index in [9.17, 15) is 4.79 Å². The van der Waals surface area contributed by atoms with Gasteiger partial charge in [0.15, 0.2) is 0 Å². The number of halogens is 2. The summed E-state index contributed by atoms with van der Waals surface area (Å²) in [6, 6.07) is 1.52. The molecule has 1 aliphatic rings. The Balaban J connectivity index is 1.92. The maximum Gasteiger partial charge on any atom is 0.410 e. The molecule has 2 rings (SSSR count). The molecular formula is C13H18Cl2N4O2. The third-order valence-electron chi connectivity index (χ3n) is 2.84. The third kappa shape index (κ3) is 4.89. The second-order valence-electron chi connectivity index (χ2n) is 5.89. The minimum Gasteiger partial charge on any atom is -0.444 e. The summed E-state index contributed by atoms with van der Waals surface area (Å²) in [7, 11) is 0. The standard InChI is InChI=1S/C13H18Cl2N4O2/c1-13(2,3)21-12(20)19-5-4-8(7-19)16-11-17-9(14)6-10(15)18-11/h6,8H,4-5,7H2,1-3H3,(H,16,17,18)/t8-/m1/s1. The van der Waals surface area contributed by atoms with Gasteiger partial charge in [0.25, 0.3) is 0 Å². The summed E-state index contributed by atoms with van der Waals surface area (Å²) < 4.78 is 5.34. The lowest BCUT2D eigenvalue weighted by molar-refractivity contribution is 0.0293. The fraction of sp³-hybridized carbons (Fsp3) is 0.615. The van der Waals surface area contributed by atoms with Crippen LogP contribution in [0.15, 0.2) is 6.07 Å². The van der Waals surface area contributed by atoms with E-state index in [0.29, 0.717) is 19.0 Å². The van der Waals surface area contributed by atoms with E-state index in [1.807, 2.05) is 20.8 Å². The zero-order valence-electron chi connectivity index (χ0n) is 12.2. The van der Waals surface area contributed by atoms with Crippen molar-refractivity contribution in [2.24, 2.45) is 0 Å². The number of hydrogen-bond acceptors (Lipinski definition) is 5. The largest absolute Gasteiger partial charge is 0.444 e. The summed E-state index contributed by atoms with van der Waals surface area (Å²) in [5, 5.41) is 3.68. The molecule has 1 aromatic heterocycles. The summed E-state index contributed by atoms with van der Waals surface area (Å²) in [5.74, 6) is 0.364. The second-order valence-corrected chi connectivity index (χ2v) is 6.67. The molecule has 21 heavy (non-hydrogen) atoms. The van der Waals surface area contributed by atoms with Crippen LogP contribution in [-0.4, -0.2) is 45.7 Å². The normalized spacial score (nSPS) is 18.7. The number of likely N-dealkylation sites (tertiary alicyclic amines) is 1. The number of anilines is 1. The molecule has 1 aromatic rings. The number of nitrogens with one attached hydrogen (secondary N) is 1. The van der Waals surface area contributed by atoms with E-state index in [4.69, 9.17) is 27.9 Å². The zero-order chi connectivity index (χ0) is 15.6. The number of rotatable bonds is 2. The average molecular weight is 333 g/mol. The van der Waals surface area contributed by atoms with Crippen LogP contribution < -0.4 is 5.32 Å². The van der Waals surface area contributed by atoms with Gasteiger partial charge < -0.3 is 15.0 Å². The van der Waals surface area contributed by atoms with E-state index in [-0.39, 0.29) is 22.4 Å². The second kappa shape index (κ2) is 6.23. The van der Waals surface area contributed by atoms with Gasteiger partial charge in [-0.15, -0.1) is 0 Å². The lowest BCUT2D eigenvalue weighted by atomic mass is 10.2. The molecule has 0 saturated carbocycles. The van der Waals surface area contributed by atoms with Crippen molar-refractivity contribution in [2.75, 3.05) is 18.4 Å². The Morgan fingerprint density at radius 3 is 2.57 bits per heavy atom. The maximum absolute atomic E-state index is 12.0. The number of ether oxygens (including phenoxy) is 1. The number of carbonyl (C=O) groups excluding carboxylic acids is 1. The Hall–Kier alpha value is -1.27. The molecule has 0 aromatic carbocycles. The van der Waals surface area contributed by atoms with Crippen LogP contribution in [0.25, 0.3) is 0 Å². The fourth-order valence-electron chi connectivity index (χ4n) is 2.01. The molecule has 1 aliphatic heterocycles. The number of carbonyl (C=O) groups is 1. The first kappa shape index (κ1) is 16.1. The van der Waals surface area contributed by atoms with Crippen molar-refractivity contribution >= 4 is 35.2 Å². The Labute approximate surface area is 133 Å². The van der Waals surface area contributed by atoms with Crippen molar-refractivity contribution in [1.29, 1.82) is 0 Å². The van der Waals surface area contributed by atoms with Gasteiger partial charge in [0.1, 0.15) is 15.9 Å². The first-order valence-corrected chi connectivity index (χ1v) is 7.43. The number of aromatic nitrogens is 2. The lowest BCUT2D eigenvalue weighted by Crippen LogP contribution is -2.36. The minimum absolute atomic E-state index is 0.0482. The van der Waals surface area contributed by atoms with Crippen LogP contribution in [0.4, 0.5) is 10.7 Å². The molecule has 0 spiro atoms. The zero-order valence-corrected chi connectivity index (χ0v) is 13.7. The van der Waals surface area contributed by atoms with E-state index in [1.165, 1.54) is 6.07 Å². The molecule has 116 valence electrons. The van der Waals surface area contributed by atoms with E-state index in [2.05, 4.69) is 15.3 Å². The molecule has 1 saturated heterocycles. The van der Waals surface area contributed by atoms with Gasteiger partial charge in [-0.2, -0.15) is 0 Å². The van der Waals surface area contributed by atoms with Crippen molar-refractivity contribution in [3.63, 3.8) is 0 Å². The van der Waals surface area contributed by atoms with Crippen LogP contribution >= 0.6 is 23.2 Å². The topological polar surface area (TPSA) is 67.3 Å². The predicted molar refractivity (Wildman–Crippen MR) is 81.9 cm³/mol. The van der Waals surface area contributed by atoms with Gasteiger partial charge in [0, 0.05) is 25.2 Å². The van der Waals surface area contributed by atoms with Crippen LogP contribution in [0.2, 0.25) is 10.3 Å². The van der Waals surface area contributed by atoms with Crippen molar-refractivity contribution < 1.29 is 9.53 Å². The Bertz CT molecular complexity index is 513. The Morgan fingerprint density at radius 1 is 1.38 bits per heavy atom. The number of hydrogen-bond donors (Lipinski definition) is 1. The molecule has 0 unspecified atom stereocenters. The number of nitrogens with zero attached hydrogens (tertiary/aromatic N) is 3. The lowest BCUT2D eigenvalue weighted by Gasteiger charge is -2.24. The maximum atomic E-state index is 12.0. The van der Waals surface area contributed by atoms with E-state index < -0.39 is 5.60 Å². The quantitative estimate of drug-likeness (QED) is 0.842. The first-order valence-electron chi connectivity index (χ1n) is 6.67. The predicted octanol–water partition coefficient (Wildman–Crippen LogP) is 3.20. The van der Waals surface area contributed by atoms with Crippen LogP contribution in [0.1, 0.15) is 27.2 Å². The molecule has 1 amide bonds. The van der Waals surface area contributed by atoms with Crippen LogP contribution in [0, 0.1) is 0 Å². The SMILES string of the molecule is CC(C)(C)OC(=O)N1CC[C@@H](Nc2nc(Cl)cc(Cl)n2)C1. The summed E-state index contributed by atoms with van der Waals surface area (Å²) in [4.78, 5) is 21.7. The molecule has 8 heteroatoms. The summed E-state index contributed by atoms with van der Waals surface area (Å²) in [6.45, 7) is 6.69.